The van der Waals surface area contributed by atoms with E-state index in [1.807, 2.05) is 41.4 Å². The topological polar surface area (TPSA) is 45.1 Å². The van der Waals surface area contributed by atoms with Crippen molar-refractivity contribution >= 4 is 28.3 Å². The number of nitrogens with zero attached hydrogens (tertiary/aromatic N) is 3. The van der Waals surface area contributed by atoms with Gasteiger partial charge in [-0.3, -0.25) is 9.69 Å². The first-order chi connectivity index (χ1) is 13.2. The molecule has 27 heavy (non-hydrogen) atoms. The summed E-state index contributed by atoms with van der Waals surface area (Å²) in [5.41, 5.74) is 2.21. The van der Waals surface area contributed by atoms with Crippen molar-refractivity contribution in [3.8, 4) is 0 Å². The highest BCUT2D eigenvalue weighted by atomic mass is 32.2. The van der Waals surface area contributed by atoms with E-state index < -0.39 is 4.99 Å². The van der Waals surface area contributed by atoms with Gasteiger partial charge in [-0.1, -0.05) is 60.3 Å². The molecule has 0 spiro atoms. The van der Waals surface area contributed by atoms with Crippen LogP contribution in [0.4, 0.5) is 5.69 Å². The Balaban J connectivity index is 1.80. The van der Waals surface area contributed by atoms with Crippen LogP contribution in [-0.4, -0.2) is 47.0 Å². The van der Waals surface area contributed by atoms with Gasteiger partial charge >= 0.3 is 0 Å². The number of hydrogen-bond donors (Lipinski definition) is 0. The summed E-state index contributed by atoms with van der Waals surface area (Å²) >= 11 is 1.57. The molecule has 0 unspecified atom stereocenters. The predicted molar refractivity (Wildman–Crippen MR) is 110 cm³/mol. The maximum absolute atomic E-state index is 12.2. The fourth-order valence-electron chi connectivity index (χ4n) is 3.55. The Hall–Kier alpha value is -2.15. The number of thioether (sulfide) groups is 1. The molecule has 2 aliphatic rings. The molecule has 5 nitrogen and oxygen atoms in total. The van der Waals surface area contributed by atoms with Gasteiger partial charge in [0, 0.05) is 26.4 Å². The molecule has 140 valence electrons. The third-order valence-electron chi connectivity index (χ3n) is 4.87. The molecular weight excluding hydrogens is 358 g/mol. The van der Waals surface area contributed by atoms with E-state index in [-0.39, 0.29) is 5.78 Å². The zero-order valence-electron chi connectivity index (χ0n) is 15.4. The van der Waals surface area contributed by atoms with Crippen molar-refractivity contribution in [1.82, 2.24) is 4.90 Å². The summed E-state index contributed by atoms with van der Waals surface area (Å²) < 4.78 is 5.60. The highest BCUT2D eigenvalue weighted by molar-refractivity contribution is 8.17. The molecular formula is C21H23N3O2S. The number of hydrazone groups is 1. The smallest absolute Gasteiger partial charge is 0.186 e. The number of benzene rings is 2. The fourth-order valence-corrected chi connectivity index (χ4v) is 4.91. The van der Waals surface area contributed by atoms with Crippen LogP contribution in [0.5, 0.6) is 0 Å². The summed E-state index contributed by atoms with van der Waals surface area (Å²) in [5.74, 6) is 0.00382. The van der Waals surface area contributed by atoms with Crippen molar-refractivity contribution in [2.45, 2.75) is 18.3 Å². The highest BCUT2D eigenvalue weighted by Gasteiger charge is 2.50. The number of anilines is 1. The van der Waals surface area contributed by atoms with Gasteiger partial charge in [0.2, 0.25) is 0 Å². The number of rotatable bonds is 5. The third kappa shape index (κ3) is 3.65. The number of carbonyl (C=O) groups is 1. The Labute approximate surface area is 164 Å². The second-order valence-corrected chi connectivity index (χ2v) is 7.96. The lowest BCUT2D eigenvalue weighted by Gasteiger charge is -2.46. The summed E-state index contributed by atoms with van der Waals surface area (Å²) in [6.07, 6.45) is 0.758. The van der Waals surface area contributed by atoms with Gasteiger partial charge in [-0.05, 0) is 17.7 Å². The van der Waals surface area contributed by atoms with E-state index in [4.69, 9.17) is 9.84 Å². The molecule has 1 saturated heterocycles. The van der Waals surface area contributed by atoms with Crippen LogP contribution < -0.4 is 5.01 Å². The van der Waals surface area contributed by atoms with Gasteiger partial charge in [0.05, 0.1) is 18.9 Å². The van der Waals surface area contributed by atoms with Crippen molar-refractivity contribution in [1.29, 1.82) is 0 Å². The van der Waals surface area contributed by atoms with E-state index in [0.717, 1.165) is 25.2 Å². The Morgan fingerprint density at radius 1 is 1.07 bits per heavy atom. The molecule has 4 rings (SSSR count). The van der Waals surface area contributed by atoms with E-state index in [0.29, 0.717) is 18.3 Å². The number of ether oxygens (including phenoxy) is 1. The maximum atomic E-state index is 12.2. The van der Waals surface area contributed by atoms with E-state index in [1.165, 1.54) is 5.56 Å². The van der Waals surface area contributed by atoms with Gasteiger partial charge in [-0.15, -0.1) is 0 Å². The molecule has 0 amide bonds. The van der Waals surface area contributed by atoms with Crippen molar-refractivity contribution < 1.29 is 9.53 Å². The average Bonchev–Trinajstić information content (AvgIpc) is 3.11. The maximum Gasteiger partial charge on any atom is 0.186 e. The van der Waals surface area contributed by atoms with Crippen LogP contribution in [0.15, 0.2) is 65.8 Å². The van der Waals surface area contributed by atoms with Gasteiger partial charge in [-0.2, -0.15) is 5.10 Å². The van der Waals surface area contributed by atoms with E-state index in [1.54, 1.807) is 18.7 Å². The number of para-hydroxylation sites is 1. The van der Waals surface area contributed by atoms with Gasteiger partial charge in [0.15, 0.2) is 15.8 Å². The number of ketones is 1. The fraction of sp³-hybridized carbons (Fsp3) is 0.333. The van der Waals surface area contributed by atoms with E-state index >= 15 is 0 Å². The van der Waals surface area contributed by atoms with Crippen molar-refractivity contribution in [2.75, 3.05) is 31.3 Å². The van der Waals surface area contributed by atoms with Crippen LogP contribution >= 0.6 is 11.8 Å². The van der Waals surface area contributed by atoms with Crippen LogP contribution in [-0.2, 0) is 16.0 Å². The molecule has 2 aromatic rings. The largest absolute Gasteiger partial charge is 0.379 e. The standard InChI is InChI=1S/C21H23N3O2S/c1-17(25)20-22-24(19-10-6-3-7-11-19)21(27-20,23-12-14-26-15-13-23)16-18-8-4-2-5-9-18/h2-11H,12-16H2,1H3/t21-/m1/s1. The van der Waals surface area contributed by atoms with Crippen LogP contribution in [0.3, 0.4) is 0 Å². The zero-order chi connectivity index (χ0) is 18.7. The minimum absolute atomic E-state index is 0.00382. The predicted octanol–water partition coefficient (Wildman–Crippen LogP) is 3.37. The number of Topliss-reactive ketones (excluding diaryl/α,β-unsaturated/α-hetero) is 1. The Bertz CT molecular complexity index is 822. The molecule has 0 bridgehead atoms. The summed E-state index contributed by atoms with van der Waals surface area (Å²) in [6.45, 7) is 4.59. The zero-order valence-corrected chi connectivity index (χ0v) is 16.2. The van der Waals surface area contributed by atoms with Gasteiger partial charge in [-0.25, -0.2) is 5.01 Å². The molecule has 0 aromatic heterocycles. The molecule has 0 saturated carbocycles. The third-order valence-corrected chi connectivity index (χ3v) is 6.33. The molecule has 0 N–H and O–H groups in total. The molecule has 0 radical (unpaired) electrons. The monoisotopic (exact) mass is 381 g/mol. The summed E-state index contributed by atoms with van der Waals surface area (Å²) in [7, 11) is 0. The number of carbonyl (C=O) groups excluding carboxylic acids is 1. The summed E-state index contributed by atoms with van der Waals surface area (Å²) in [4.78, 5) is 14.1. The minimum atomic E-state index is -0.479. The molecule has 2 aromatic carbocycles. The average molecular weight is 382 g/mol. The first-order valence-corrected chi connectivity index (χ1v) is 10.0. The second-order valence-electron chi connectivity index (χ2n) is 6.72. The van der Waals surface area contributed by atoms with E-state index in [2.05, 4.69) is 29.2 Å². The second kappa shape index (κ2) is 7.84. The van der Waals surface area contributed by atoms with Gasteiger partial charge in [0.25, 0.3) is 0 Å². The first-order valence-electron chi connectivity index (χ1n) is 9.20. The lowest BCUT2D eigenvalue weighted by molar-refractivity contribution is -0.110. The van der Waals surface area contributed by atoms with E-state index in [9.17, 15) is 4.79 Å². The summed E-state index contributed by atoms with van der Waals surface area (Å²) in [6, 6.07) is 20.5. The highest BCUT2D eigenvalue weighted by Crippen LogP contribution is 2.45. The molecule has 2 aliphatic heterocycles. The Morgan fingerprint density at radius 3 is 2.33 bits per heavy atom. The van der Waals surface area contributed by atoms with Gasteiger partial charge < -0.3 is 4.74 Å². The normalized spacial score (nSPS) is 23.3. The molecule has 1 atom stereocenters. The van der Waals surface area contributed by atoms with Crippen molar-refractivity contribution in [3.05, 3.63) is 66.2 Å². The van der Waals surface area contributed by atoms with Crippen LogP contribution in [0.1, 0.15) is 12.5 Å². The van der Waals surface area contributed by atoms with Crippen molar-refractivity contribution in [2.24, 2.45) is 5.10 Å². The molecule has 0 aliphatic carbocycles. The van der Waals surface area contributed by atoms with Crippen LogP contribution in [0, 0.1) is 0 Å². The van der Waals surface area contributed by atoms with Crippen LogP contribution in [0.25, 0.3) is 0 Å². The molecule has 1 fully saturated rings. The Morgan fingerprint density at radius 2 is 1.70 bits per heavy atom. The lowest BCUT2D eigenvalue weighted by Crippen LogP contribution is -2.59. The molecule has 6 heteroatoms. The van der Waals surface area contributed by atoms with Gasteiger partial charge in [0.1, 0.15) is 0 Å². The number of hydrogen-bond acceptors (Lipinski definition) is 6. The quantitative estimate of drug-likeness (QED) is 0.795. The first kappa shape index (κ1) is 18.2. The lowest BCUT2D eigenvalue weighted by atomic mass is 10.1. The Kier molecular flexibility index (Phi) is 5.29. The molecule has 2 heterocycles. The minimum Gasteiger partial charge on any atom is -0.379 e. The SMILES string of the molecule is CC(=O)C1=NN(c2ccccc2)[C@@](Cc2ccccc2)(N2CCOCC2)S1. The van der Waals surface area contributed by atoms with Crippen molar-refractivity contribution in [3.63, 3.8) is 0 Å². The number of morpholine rings is 1. The van der Waals surface area contributed by atoms with Crippen LogP contribution in [0.2, 0.25) is 0 Å². The summed E-state index contributed by atoms with van der Waals surface area (Å²) in [5, 5.41) is 7.35.